The van der Waals surface area contributed by atoms with Crippen LogP contribution >= 0.6 is 0 Å². The van der Waals surface area contributed by atoms with Gasteiger partial charge in [0.25, 0.3) is 0 Å². The Morgan fingerprint density at radius 1 is 0.900 bits per heavy atom. The maximum atomic E-state index is 12.5. The Bertz CT molecular complexity index is 824. The molecule has 0 aliphatic carbocycles. The van der Waals surface area contributed by atoms with Gasteiger partial charge >= 0.3 is 5.97 Å². The van der Waals surface area contributed by atoms with Crippen LogP contribution in [-0.4, -0.2) is 89.3 Å². The summed E-state index contributed by atoms with van der Waals surface area (Å²) in [5.41, 5.74) is 0.332. The minimum absolute atomic E-state index is 0.0336. The zero-order valence-electron chi connectivity index (χ0n) is 16.9. The number of piperazine rings is 2. The van der Waals surface area contributed by atoms with Gasteiger partial charge in [0, 0.05) is 12.1 Å². The number of esters is 1. The maximum absolute atomic E-state index is 12.5. The molecule has 0 saturated carbocycles. The Labute approximate surface area is 173 Å². The van der Waals surface area contributed by atoms with Crippen molar-refractivity contribution in [3.63, 3.8) is 0 Å². The third-order valence-electron chi connectivity index (χ3n) is 5.44. The molecule has 1 N–H and O–H groups in total. The van der Waals surface area contributed by atoms with E-state index in [1.165, 1.54) is 0 Å². The highest BCUT2D eigenvalue weighted by molar-refractivity contribution is 6.00. The standard InChI is InChI=1S/C20H24N4O6/c1-13(22-8-16(25)21-17(26)9-22)14(2)23-10-18(27)24(19(28)11-23)12-30-20(29)15-6-4-3-5-7-15/h3-7,13-14H,8-12H2,1-2H3,(H,21,25,26). The molecule has 2 aliphatic rings. The monoisotopic (exact) mass is 416 g/mol. The highest BCUT2D eigenvalue weighted by Gasteiger charge is 2.38. The lowest BCUT2D eigenvalue weighted by Gasteiger charge is -2.41. The first kappa shape index (κ1) is 21.6. The van der Waals surface area contributed by atoms with Gasteiger partial charge in [-0.2, -0.15) is 0 Å². The number of amides is 4. The number of carbonyl (C=O) groups excluding carboxylic acids is 5. The first-order valence-corrected chi connectivity index (χ1v) is 9.62. The molecule has 0 spiro atoms. The van der Waals surface area contributed by atoms with E-state index >= 15 is 0 Å². The fourth-order valence-corrected chi connectivity index (χ4v) is 3.48. The number of hydrogen-bond acceptors (Lipinski definition) is 8. The first-order chi connectivity index (χ1) is 14.3. The number of rotatable bonds is 6. The highest BCUT2D eigenvalue weighted by Crippen LogP contribution is 2.16. The smallest absolute Gasteiger partial charge is 0.339 e. The van der Waals surface area contributed by atoms with Crippen LogP contribution in [-0.2, 0) is 23.9 Å². The molecule has 2 unspecified atom stereocenters. The van der Waals surface area contributed by atoms with E-state index in [1.54, 1.807) is 40.1 Å². The van der Waals surface area contributed by atoms with Crippen LogP contribution in [0.15, 0.2) is 30.3 Å². The van der Waals surface area contributed by atoms with Crippen LogP contribution in [0.4, 0.5) is 0 Å². The molecule has 3 rings (SSSR count). The zero-order valence-corrected chi connectivity index (χ0v) is 16.9. The number of imide groups is 2. The second-order valence-corrected chi connectivity index (χ2v) is 7.40. The van der Waals surface area contributed by atoms with Crippen LogP contribution in [0.3, 0.4) is 0 Å². The lowest BCUT2D eigenvalue weighted by Crippen LogP contribution is -2.62. The van der Waals surface area contributed by atoms with Gasteiger partial charge in [-0.25, -0.2) is 9.69 Å². The van der Waals surface area contributed by atoms with E-state index in [2.05, 4.69) is 5.32 Å². The molecule has 2 aliphatic heterocycles. The van der Waals surface area contributed by atoms with Crippen molar-refractivity contribution in [3.05, 3.63) is 35.9 Å². The summed E-state index contributed by atoms with van der Waals surface area (Å²) in [4.78, 5) is 64.6. The van der Waals surface area contributed by atoms with Crippen LogP contribution < -0.4 is 5.32 Å². The van der Waals surface area contributed by atoms with Crippen molar-refractivity contribution in [2.75, 3.05) is 32.9 Å². The Kier molecular flexibility index (Phi) is 6.58. The highest BCUT2D eigenvalue weighted by atomic mass is 16.5. The Morgan fingerprint density at radius 2 is 1.40 bits per heavy atom. The Hall–Kier alpha value is -3.11. The van der Waals surface area contributed by atoms with Crippen molar-refractivity contribution < 1.29 is 28.7 Å². The molecule has 1 aromatic rings. The number of carbonyl (C=O) groups is 5. The summed E-state index contributed by atoms with van der Waals surface area (Å²) in [6, 6.07) is 7.81. The number of nitrogens with zero attached hydrogens (tertiary/aromatic N) is 3. The average Bonchev–Trinajstić information content (AvgIpc) is 2.71. The molecule has 0 radical (unpaired) electrons. The van der Waals surface area contributed by atoms with E-state index in [0.29, 0.717) is 5.56 Å². The van der Waals surface area contributed by atoms with Crippen LogP contribution in [0.5, 0.6) is 0 Å². The summed E-state index contributed by atoms with van der Waals surface area (Å²) in [6.45, 7) is 3.34. The largest absolute Gasteiger partial charge is 0.440 e. The second kappa shape index (κ2) is 9.14. The number of benzene rings is 1. The number of ether oxygens (including phenoxy) is 1. The van der Waals surface area contributed by atoms with E-state index in [4.69, 9.17) is 4.74 Å². The third-order valence-corrected chi connectivity index (χ3v) is 5.44. The van der Waals surface area contributed by atoms with Crippen molar-refractivity contribution in [2.24, 2.45) is 0 Å². The molecular formula is C20H24N4O6. The maximum Gasteiger partial charge on any atom is 0.339 e. The molecule has 4 amide bonds. The summed E-state index contributed by atoms with van der Waals surface area (Å²) in [6.07, 6.45) is 0. The summed E-state index contributed by atoms with van der Waals surface area (Å²) in [5.74, 6) is -2.31. The summed E-state index contributed by atoms with van der Waals surface area (Å²) in [7, 11) is 0. The normalized spacial score (nSPS) is 20.7. The van der Waals surface area contributed by atoms with Gasteiger partial charge < -0.3 is 4.74 Å². The van der Waals surface area contributed by atoms with E-state index in [-0.39, 0.29) is 50.1 Å². The minimum Gasteiger partial charge on any atom is -0.440 e. The molecule has 30 heavy (non-hydrogen) atoms. The fourth-order valence-electron chi connectivity index (χ4n) is 3.48. The Morgan fingerprint density at radius 3 is 1.93 bits per heavy atom. The molecule has 2 fully saturated rings. The van der Waals surface area contributed by atoms with Gasteiger partial charge in [-0.1, -0.05) is 18.2 Å². The average molecular weight is 416 g/mol. The van der Waals surface area contributed by atoms with E-state index in [1.807, 2.05) is 13.8 Å². The van der Waals surface area contributed by atoms with Crippen LogP contribution in [0, 0.1) is 0 Å². The van der Waals surface area contributed by atoms with E-state index in [9.17, 15) is 24.0 Å². The van der Waals surface area contributed by atoms with Gasteiger partial charge in [0.15, 0.2) is 6.73 Å². The Balaban J connectivity index is 1.56. The molecule has 2 heterocycles. The quantitative estimate of drug-likeness (QED) is 0.474. The molecule has 0 aromatic heterocycles. The third kappa shape index (κ3) is 4.89. The molecule has 0 bridgehead atoms. The van der Waals surface area contributed by atoms with Crippen molar-refractivity contribution in [1.29, 1.82) is 0 Å². The van der Waals surface area contributed by atoms with Gasteiger partial charge in [0.1, 0.15) is 0 Å². The molecular weight excluding hydrogens is 392 g/mol. The number of nitrogens with one attached hydrogen (secondary N) is 1. The van der Waals surface area contributed by atoms with Gasteiger partial charge in [-0.05, 0) is 26.0 Å². The van der Waals surface area contributed by atoms with Crippen LogP contribution in [0.1, 0.15) is 24.2 Å². The van der Waals surface area contributed by atoms with Crippen LogP contribution in [0.2, 0.25) is 0 Å². The van der Waals surface area contributed by atoms with Gasteiger partial charge in [-0.15, -0.1) is 0 Å². The van der Waals surface area contributed by atoms with Gasteiger partial charge in [0.2, 0.25) is 23.6 Å². The molecule has 10 nitrogen and oxygen atoms in total. The fraction of sp³-hybridized carbons (Fsp3) is 0.450. The summed E-state index contributed by atoms with van der Waals surface area (Å²) >= 11 is 0. The predicted molar refractivity (Wildman–Crippen MR) is 104 cm³/mol. The molecule has 10 heteroatoms. The topological polar surface area (TPSA) is 116 Å². The first-order valence-electron chi connectivity index (χ1n) is 9.62. The SMILES string of the molecule is CC(C(C)N1CC(=O)N(COC(=O)c2ccccc2)C(=O)C1)N1CC(=O)NC(=O)C1. The molecule has 2 atom stereocenters. The summed E-state index contributed by atoms with van der Waals surface area (Å²) in [5, 5.41) is 2.25. The second-order valence-electron chi connectivity index (χ2n) is 7.40. The van der Waals surface area contributed by atoms with Crippen LogP contribution in [0.25, 0.3) is 0 Å². The predicted octanol–water partition coefficient (Wildman–Crippen LogP) is -0.793. The lowest BCUT2D eigenvalue weighted by atomic mass is 10.1. The molecule has 2 saturated heterocycles. The lowest BCUT2D eigenvalue weighted by molar-refractivity contribution is -0.158. The number of hydrogen-bond donors (Lipinski definition) is 1. The van der Waals surface area contributed by atoms with Gasteiger partial charge in [-0.3, -0.25) is 34.3 Å². The minimum atomic E-state index is -0.617. The summed E-state index contributed by atoms with van der Waals surface area (Å²) < 4.78 is 5.11. The van der Waals surface area contributed by atoms with E-state index < -0.39 is 24.5 Å². The van der Waals surface area contributed by atoms with Crippen molar-refractivity contribution in [1.82, 2.24) is 20.0 Å². The molecule has 160 valence electrons. The molecule has 1 aromatic carbocycles. The zero-order chi connectivity index (χ0) is 21.8. The van der Waals surface area contributed by atoms with E-state index in [0.717, 1.165) is 4.90 Å². The van der Waals surface area contributed by atoms with Crippen molar-refractivity contribution in [2.45, 2.75) is 25.9 Å². The van der Waals surface area contributed by atoms with Crippen molar-refractivity contribution >= 4 is 29.6 Å². The van der Waals surface area contributed by atoms with Crippen molar-refractivity contribution in [3.8, 4) is 0 Å². The van der Waals surface area contributed by atoms with Gasteiger partial charge in [0.05, 0.1) is 31.7 Å².